The van der Waals surface area contributed by atoms with E-state index in [2.05, 4.69) is 10.5 Å². The highest BCUT2D eigenvalue weighted by molar-refractivity contribution is 6.05. The molecule has 0 aliphatic carbocycles. The van der Waals surface area contributed by atoms with Crippen LogP contribution < -0.4 is 5.43 Å². The maximum Gasteiger partial charge on any atom is 0.275 e. The van der Waals surface area contributed by atoms with Crippen LogP contribution in [0.4, 0.5) is 4.39 Å². The van der Waals surface area contributed by atoms with E-state index in [1.165, 1.54) is 12.1 Å². The summed E-state index contributed by atoms with van der Waals surface area (Å²) in [6, 6.07) is 13.9. The Morgan fingerprint density at radius 3 is 2.38 bits per heavy atom. The SMILES string of the molecule is CCC(=NNC(=O)c1cc2ccccc2cc1O)c1cc(F)ccc1O. The molecule has 0 saturated heterocycles. The lowest BCUT2D eigenvalue weighted by Gasteiger charge is -2.09. The summed E-state index contributed by atoms with van der Waals surface area (Å²) in [7, 11) is 0. The fraction of sp³-hybridized carbons (Fsp3) is 0.100. The van der Waals surface area contributed by atoms with Crippen molar-refractivity contribution in [3.63, 3.8) is 0 Å². The predicted molar refractivity (Wildman–Crippen MR) is 98.0 cm³/mol. The Morgan fingerprint density at radius 2 is 1.69 bits per heavy atom. The molecule has 3 rings (SSSR count). The van der Waals surface area contributed by atoms with Crippen LogP contribution in [0.2, 0.25) is 0 Å². The summed E-state index contributed by atoms with van der Waals surface area (Å²) in [4.78, 5) is 12.4. The van der Waals surface area contributed by atoms with Crippen LogP contribution in [0.15, 0.2) is 59.7 Å². The maximum absolute atomic E-state index is 13.4. The zero-order chi connectivity index (χ0) is 18.7. The Balaban J connectivity index is 1.90. The molecular weight excluding hydrogens is 335 g/mol. The van der Waals surface area contributed by atoms with E-state index in [0.717, 1.165) is 22.9 Å². The van der Waals surface area contributed by atoms with Crippen molar-refractivity contribution in [1.29, 1.82) is 0 Å². The van der Waals surface area contributed by atoms with Crippen LogP contribution in [0.1, 0.15) is 29.3 Å². The zero-order valence-electron chi connectivity index (χ0n) is 14.0. The first-order valence-corrected chi connectivity index (χ1v) is 8.07. The van der Waals surface area contributed by atoms with E-state index in [9.17, 15) is 19.4 Å². The summed E-state index contributed by atoms with van der Waals surface area (Å²) in [6.07, 6.45) is 0.362. The lowest BCUT2D eigenvalue weighted by Crippen LogP contribution is -2.20. The fourth-order valence-corrected chi connectivity index (χ4v) is 2.66. The van der Waals surface area contributed by atoms with Gasteiger partial charge >= 0.3 is 0 Å². The number of benzene rings is 3. The third kappa shape index (κ3) is 3.49. The molecule has 0 radical (unpaired) electrons. The maximum atomic E-state index is 13.4. The number of nitrogens with one attached hydrogen (secondary N) is 1. The molecule has 26 heavy (non-hydrogen) atoms. The van der Waals surface area contributed by atoms with Crippen molar-refractivity contribution >= 4 is 22.4 Å². The molecule has 0 aliphatic heterocycles. The van der Waals surface area contributed by atoms with Crippen LogP contribution in [0.3, 0.4) is 0 Å². The van der Waals surface area contributed by atoms with Crippen LogP contribution in [-0.2, 0) is 0 Å². The van der Waals surface area contributed by atoms with Gasteiger partial charge in [-0.25, -0.2) is 9.82 Å². The minimum atomic E-state index is -0.602. The van der Waals surface area contributed by atoms with E-state index in [1.807, 2.05) is 24.3 Å². The molecule has 132 valence electrons. The predicted octanol–water partition coefficient (Wildman–Crippen LogP) is 3.93. The molecule has 3 aromatic rings. The van der Waals surface area contributed by atoms with Gasteiger partial charge in [0.05, 0.1) is 11.3 Å². The van der Waals surface area contributed by atoms with Gasteiger partial charge in [0.1, 0.15) is 17.3 Å². The van der Waals surface area contributed by atoms with E-state index in [-0.39, 0.29) is 22.6 Å². The number of hydrogen-bond donors (Lipinski definition) is 3. The van der Waals surface area contributed by atoms with Crippen molar-refractivity contribution in [1.82, 2.24) is 5.43 Å². The number of phenols is 2. The molecule has 0 atom stereocenters. The number of aromatic hydroxyl groups is 2. The van der Waals surface area contributed by atoms with E-state index in [4.69, 9.17) is 0 Å². The number of carbonyl (C=O) groups is 1. The first-order chi connectivity index (χ1) is 12.5. The minimum Gasteiger partial charge on any atom is -0.507 e. The van der Waals surface area contributed by atoms with E-state index in [0.29, 0.717) is 12.1 Å². The smallest absolute Gasteiger partial charge is 0.275 e. The number of hydrogen-bond acceptors (Lipinski definition) is 4. The van der Waals surface area contributed by atoms with E-state index < -0.39 is 11.7 Å². The van der Waals surface area contributed by atoms with Gasteiger partial charge in [-0.2, -0.15) is 5.10 Å². The van der Waals surface area contributed by atoms with Gasteiger partial charge in [0.15, 0.2) is 0 Å². The van der Waals surface area contributed by atoms with Crippen LogP contribution in [0.25, 0.3) is 10.8 Å². The molecule has 3 N–H and O–H groups in total. The molecule has 0 saturated carbocycles. The molecule has 0 aromatic heterocycles. The molecule has 0 fully saturated rings. The Morgan fingerprint density at radius 1 is 1.00 bits per heavy atom. The van der Waals surface area contributed by atoms with Crippen molar-refractivity contribution in [2.75, 3.05) is 0 Å². The van der Waals surface area contributed by atoms with Crippen molar-refractivity contribution in [2.24, 2.45) is 5.10 Å². The zero-order valence-corrected chi connectivity index (χ0v) is 14.0. The van der Waals surface area contributed by atoms with E-state index >= 15 is 0 Å². The van der Waals surface area contributed by atoms with Crippen LogP contribution in [-0.4, -0.2) is 21.8 Å². The summed E-state index contributed by atoms with van der Waals surface area (Å²) in [5.74, 6) is -1.41. The van der Waals surface area contributed by atoms with Crippen molar-refractivity contribution in [3.05, 3.63) is 71.5 Å². The van der Waals surface area contributed by atoms with Crippen LogP contribution in [0, 0.1) is 5.82 Å². The molecule has 6 heteroatoms. The standard InChI is InChI=1S/C20H17FN2O3/c1-2-17(15-11-14(21)7-8-18(15)24)22-23-20(26)16-9-12-5-3-4-6-13(12)10-19(16)25/h3-11,24-25H,2H2,1H3,(H,23,26). The number of halogens is 1. The fourth-order valence-electron chi connectivity index (χ4n) is 2.66. The van der Waals surface area contributed by atoms with Gasteiger partial charge < -0.3 is 10.2 Å². The van der Waals surface area contributed by atoms with Crippen molar-refractivity contribution in [2.45, 2.75) is 13.3 Å². The molecular formula is C20H17FN2O3. The van der Waals surface area contributed by atoms with Crippen LogP contribution >= 0.6 is 0 Å². The molecule has 0 spiro atoms. The van der Waals surface area contributed by atoms with E-state index in [1.54, 1.807) is 13.0 Å². The monoisotopic (exact) mass is 352 g/mol. The Labute approximate surface area is 149 Å². The first-order valence-electron chi connectivity index (χ1n) is 8.07. The second-order valence-electron chi connectivity index (χ2n) is 5.73. The highest BCUT2D eigenvalue weighted by atomic mass is 19.1. The number of carbonyl (C=O) groups excluding carboxylic acids is 1. The Hall–Kier alpha value is -3.41. The molecule has 3 aromatic carbocycles. The summed E-state index contributed by atoms with van der Waals surface area (Å²) >= 11 is 0. The number of nitrogens with zero attached hydrogens (tertiary/aromatic N) is 1. The van der Waals surface area contributed by atoms with Gasteiger partial charge in [0.2, 0.25) is 0 Å². The van der Waals surface area contributed by atoms with Gasteiger partial charge in [-0.1, -0.05) is 31.2 Å². The van der Waals surface area contributed by atoms with Crippen LogP contribution in [0.5, 0.6) is 11.5 Å². The molecule has 0 unspecified atom stereocenters. The average molecular weight is 352 g/mol. The number of rotatable bonds is 4. The van der Waals surface area contributed by atoms with Gasteiger partial charge in [-0.15, -0.1) is 0 Å². The Bertz CT molecular complexity index is 1020. The number of amides is 1. The third-order valence-electron chi connectivity index (χ3n) is 4.01. The largest absolute Gasteiger partial charge is 0.507 e. The molecule has 0 aliphatic rings. The second-order valence-corrected chi connectivity index (χ2v) is 5.73. The lowest BCUT2D eigenvalue weighted by molar-refractivity contribution is 0.0952. The number of hydrazone groups is 1. The summed E-state index contributed by atoms with van der Waals surface area (Å²) in [5.41, 5.74) is 2.95. The normalized spacial score (nSPS) is 11.5. The summed E-state index contributed by atoms with van der Waals surface area (Å²) in [5, 5.41) is 25.6. The van der Waals surface area contributed by atoms with Crippen molar-refractivity contribution < 1.29 is 19.4 Å². The average Bonchev–Trinajstić information content (AvgIpc) is 2.64. The highest BCUT2D eigenvalue weighted by Gasteiger charge is 2.14. The summed E-state index contributed by atoms with van der Waals surface area (Å²) < 4.78 is 13.4. The molecule has 5 nitrogen and oxygen atoms in total. The Kier molecular flexibility index (Phi) is 4.84. The van der Waals surface area contributed by atoms with Gasteiger partial charge in [-0.05, 0) is 47.5 Å². The third-order valence-corrected chi connectivity index (χ3v) is 4.01. The van der Waals surface area contributed by atoms with Crippen molar-refractivity contribution in [3.8, 4) is 11.5 Å². The summed E-state index contributed by atoms with van der Waals surface area (Å²) in [6.45, 7) is 1.77. The topological polar surface area (TPSA) is 81.9 Å². The molecule has 0 bridgehead atoms. The highest BCUT2D eigenvalue weighted by Crippen LogP contribution is 2.25. The molecule has 1 amide bonds. The first kappa shape index (κ1) is 17.4. The molecule has 0 heterocycles. The minimum absolute atomic E-state index is 0.0753. The number of fused-ring (bicyclic) bond motifs is 1. The van der Waals surface area contributed by atoms with Gasteiger partial charge in [0, 0.05) is 5.56 Å². The lowest BCUT2D eigenvalue weighted by atomic mass is 10.1. The number of phenolic OH excluding ortho intramolecular Hbond substituents is 2. The quantitative estimate of drug-likeness (QED) is 0.491. The van der Waals surface area contributed by atoms with Gasteiger partial charge in [0.25, 0.3) is 5.91 Å². The van der Waals surface area contributed by atoms with Gasteiger partial charge in [-0.3, -0.25) is 4.79 Å². The second kappa shape index (κ2) is 7.23.